The molecule has 2 aromatic carbocycles. The topological polar surface area (TPSA) is 66.6 Å². The first kappa shape index (κ1) is 20.3. The number of hydrogen-bond acceptors (Lipinski definition) is 6. The Morgan fingerprint density at radius 3 is 2.80 bits per heavy atom. The second-order valence-electron chi connectivity index (χ2n) is 6.93. The average molecular weight is 421 g/mol. The summed E-state index contributed by atoms with van der Waals surface area (Å²) in [5.41, 5.74) is 3.81. The van der Waals surface area contributed by atoms with Crippen LogP contribution < -0.4 is 0 Å². The van der Waals surface area contributed by atoms with Crippen molar-refractivity contribution in [3.05, 3.63) is 60.2 Å². The fourth-order valence-electron chi connectivity index (χ4n) is 3.39. The molecule has 8 heteroatoms. The highest BCUT2D eigenvalue weighted by atomic mass is 32.2. The van der Waals surface area contributed by atoms with Gasteiger partial charge in [0, 0.05) is 32.4 Å². The zero-order valence-electron chi connectivity index (χ0n) is 16.9. The van der Waals surface area contributed by atoms with E-state index in [9.17, 15) is 4.79 Å². The third-order valence-corrected chi connectivity index (χ3v) is 5.90. The number of nitrogens with zero attached hydrogens (tertiary/aromatic N) is 6. The first-order valence-corrected chi connectivity index (χ1v) is 11.1. The van der Waals surface area contributed by atoms with Crippen LogP contribution in [0.2, 0.25) is 0 Å². The van der Waals surface area contributed by atoms with Crippen LogP contribution in [0.4, 0.5) is 0 Å². The molecule has 154 valence electrons. The van der Waals surface area contributed by atoms with Crippen LogP contribution in [0.25, 0.3) is 22.8 Å². The van der Waals surface area contributed by atoms with E-state index in [0.29, 0.717) is 0 Å². The normalized spacial score (nSPS) is 15.6. The summed E-state index contributed by atoms with van der Waals surface area (Å²) in [6, 6.07) is 15.9. The Bertz CT molecular complexity index is 1070. The molecule has 3 aromatic rings. The van der Waals surface area contributed by atoms with E-state index in [1.165, 1.54) is 0 Å². The maximum Gasteiger partial charge on any atom is 0.244 e. The van der Waals surface area contributed by atoms with E-state index in [2.05, 4.69) is 25.9 Å². The van der Waals surface area contributed by atoms with Gasteiger partial charge >= 0.3 is 0 Å². The van der Waals surface area contributed by atoms with Crippen LogP contribution in [0.15, 0.2) is 59.6 Å². The fourth-order valence-corrected chi connectivity index (χ4v) is 3.91. The molecule has 2 heterocycles. The lowest BCUT2D eigenvalue weighted by molar-refractivity contribution is -0.130. The molecule has 1 fully saturated rings. The number of carbonyl (C=O) groups excluding carboxylic acids is 1. The van der Waals surface area contributed by atoms with Gasteiger partial charge in [0.05, 0.1) is 11.2 Å². The smallest absolute Gasteiger partial charge is 0.244 e. The average Bonchev–Trinajstić information content (AvgIpc) is 3.23. The third-order valence-electron chi connectivity index (χ3n) is 5.02. The Kier molecular flexibility index (Phi) is 6.56. The fraction of sp³-hybridized carbons (Fsp3) is 0.273. The molecule has 1 aliphatic rings. The van der Waals surface area contributed by atoms with Crippen molar-refractivity contribution >= 4 is 41.2 Å². The summed E-state index contributed by atoms with van der Waals surface area (Å²) in [6.45, 7) is 3.56. The van der Waals surface area contributed by atoms with Crippen LogP contribution >= 0.6 is 11.9 Å². The van der Waals surface area contributed by atoms with Gasteiger partial charge in [-0.15, -0.1) is 5.10 Å². The van der Waals surface area contributed by atoms with Gasteiger partial charge in [0.2, 0.25) is 5.91 Å². The molecule has 0 aliphatic carbocycles. The Hall–Kier alpha value is -2.97. The Balaban J connectivity index is 1.34. The number of fused-ring (bicyclic) bond motifs is 1. The zero-order chi connectivity index (χ0) is 20.8. The molecule has 0 saturated carbocycles. The number of hydrogen-bond donors (Lipinski definition) is 0. The first-order valence-electron chi connectivity index (χ1n) is 9.89. The zero-order valence-corrected chi connectivity index (χ0v) is 17.7. The summed E-state index contributed by atoms with van der Waals surface area (Å²) in [6.07, 6.45) is 7.58. The number of amides is 1. The molecule has 0 unspecified atom stereocenters. The van der Waals surface area contributed by atoms with E-state index in [0.717, 1.165) is 48.5 Å². The lowest BCUT2D eigenvalue weighted by Crippen LogP contribution is -2.47. The van der Waals surface area contributed by atoms with Crippen molar-refractivity contribution < 1.29 is 4.79 Å². The second-order valence-corrected chi connectivity index (χ2v) is 7.81. The van der Waals surface area contributed by atoms with E-state index >= 15 is 0 Å². The first-order chi connectivity index (χ1) is 14.7. The van der Waals surface area contributed by atoms with E-state index in [1.54, 1.807) is 18.2 Å². The number of piperazine rings is 1. The second kappa shape index (κ2) is 9.69. The molecule has 1 aromatic heterocycles. The maximum absolute atomic E-state index is 12.3. The molecule has 0 N–H and O–H groups in total. The summed E-state index contributed by atoms with van der Waals surface area (Å²) in [4.78, 5) is 18.4. The van der Waals surface area contributed by atoms with Crippen molar-refractivity contribution in [2.24, 2.45) is 4.99 Å². The van der Waals surface area contributed by atoms with E-state index in [1.807, 2.05) is 70.3 Å². The van der Waals surface area contributed by atoms with Crippen molar-refractivity contribution in [3.63, 3.8) is 0 Å². The highest BCUT2D eigenvalue weighted by Crippen LogP contribution is 2.17. The number of para-hydroxylation sites is 1. The Labute approximate surface area is 180 Å². The van der Waals surface area contributed by atoms with Crippen molar-refractivity contribution in [1.29, 1.82) is 0 Å². The Morgan fingerprint density at radius 2 is 1.97 bits per heavy atom. The molecule has 0 spiro atoms. The maximum atomic E-state index is 12.3. The number of aliphatic imine (C=N–C) groups is 1. The lowest BCUT2D eigenvalue weighted by Gasteiger charge is -2.32. The SMILES string of the molecule is CSN1CCN(C(=O)C/N=C/C=C/c2cccc(-n3nnc4ccccc43)c2)CC1. The van der Waals surface area contributed by atoms with Gasteiger partial charge in [0.25, 0.3) is 0 Å². The predicted octanol–water partition coefficient (Wildman–Crippen LogP) is 2.93. The minimum atomic E-state index is 0.0838. The molecule has 4 rings (SSSR count). The number of rotatable bonds is 6. The predicted molar refractivity (Wildman–Crippen MR) is 123 cm³/mol. The standard InChI is InChI=1S/C22H24N6OS/c1-30-27-14-12-26(13-15-27)22(29)17-23-11-5-7-18-6-4-8-19(16-18)28-21-10-3-2-9-20(21)24-25-28/h2-11,16H,12-15,17H2,1H3/b7-5+,23-11+. The van der Waals surface area contributed by atoms with E-state index in [-0.39, 0.29) is 12.5 Å². The quantitative estimate of drug-likeness (QED) is 0.453. The molecule has 0 atom stereocenters. The van der Waals surface area contributed by atoms with Crippen LogP contribution in [0.5, 0.6) is 0 Å². The molecule has 0 radical (unpaired) electrons. The number of allylic oxidation sites excluding steroid dienone is 1. The summed E-state index contributed by atoms with van der Waals surface area (Å²) in [7, 11) is 0. The number of aromatic nitrogens is 3. The van der Waals surface area contributed by atoms with E-state index < -0.39 is 0 Å². The summed E-state index contributed by atoms with van der Waals surface area (Å²) in [5, 5.41) is 8.47. The lowest BCUT2D eigenvalue weighted by atomic mass is 10.2. The van der Waals surface area contributed by atoms with Crippen LogP contribution in [0, 0.1) is 0 Å². The molecule has 0 bridgehead atoms. The van der Waals surface area contributed by atoms with Gasteiger partial charge < -0.3 is 4.90 Å². The molecule has 1 aliphatic heterocycles. The monoisotopic (exact) mass is 420 g/mol. The van der Waals surface area contributed by atoms with Crippen LogP contribution in [-0.2, 0) is 4.79 Å². The van der Waals surface area contributed by atoms with Gasteiger partial charge in [0.15, 0.2) is 0 Å². The summed E-state index contributed by atoms with van der Waals surface area (Å²) < 4.78 is 4.10. The van der Waals surface area contributed by atoms with Crippen LogP contribution in [-0.4, -0.2) is 75.3 Å². The van der Waals surface area contributed by atoms with Crippen molar-refractivity contribution in [1.82, 2.24) is 24.2 Å². The third kappa shape index (κ3) is 4.77. The molecule has 1 saturated heterocycles. The van der Waals surface area contributed by atoms with Gasteiger partial charge in [-0.2, -0.15) is 0 Å². The van der Waals surface area contributed by atoms with Gasteiger partial charge in [0.1, 0.15) is 12.1 Å². The molecule has 30 heavy (non-hydrogen) atoms. The van der Waals surface area contributed by atoms with Gasteiger partial charge in [-0.25, -0.2) is 8.99 Å². The van der Waals surface area contributed by atoms with Crippen LogP contribution in [0.3, 0.4) is 0 Å². The van der Waals surface area contributed by atoms with E-state index in [4.69, 9.17) is 0 Å². The van der Waals surface area contributed by atoms with Gasteiger partial charge in [-0.3, -0.25) is 9.79 Å². The van der Waals surface area contributed by atoms with Crippen molar-refractivity contribution in [2.75, 3.05) is 39.0 Å². The number of benzene rings is 2. The minimum absolute atomic E-state index is 0.0838. The molecule has 1 amide bonds. The van der Waals surface area contributed by atoms with Crippen LogP contribution in [0.1, 0.15) is 5.56 Å². The highest BCUT2D eigenvalue weighted by Gasteiger charge is 2.19. The summed E-state index contributed by atoms with van der Waals surface area (Å²) >= 11 is 1.73. The van der Waals surface area contributed by atoms with Gasteiger partial charge in [-0.05, 0) is 42.2 Å². The minimum Gasteiger partial charge on any atom is -0.338 e. The number of carbonyl (C=O) groups is 1. The summed E-state index contributed by atoms with van der Waals surface area (Å²) in [5.74, 6) is 0.0838. The Morgan fingerprint density at radius 1 is 1.13 bits per heavy atom. The van der Waals surface area contributed by atoms with Gasteiger partial charge in [-0.1, -0.05) is 47.5 Å². The molecule has 7 nitrogen and oxygen atoms in total. The molecular formula is C22H24N6OS. The molecular weight excluding hydrogens is 396 g/mol. The van der Waals surface area contributed by atoms with Crippen molar-refractivity contribution in [2.45, 2.75) is 0 Å². The van der Waals surface area contributed by atoms with Crippen molar-refractivity contribution in [3.8, 4) is 5.69 Å². The largest absolute Gasteiger partial charge is 0.338 e. The highest BCUT2D eigenvalue weighted by molar-refractivity contribution is 7.96.